The van der Waals surface area contributed by atoms with Crippen LogP contribution in [-0.4, -0.2) is 5.75 Å². The summed E-state index contributed by atoms with van der Waals surface area (Å²) in [7, 11) is 0. The first-order chi connectivity index (χ1) is 7.49. The minimum absolute atomic E-state index is 0.223. The number of nitrogens with zero attached hydrogens (tertiary/aromatic N) is 1. The lowest BCUT2D eigenvalue weighted by molar-refractivity contribution is -0.137. The predicted molar refractivity (Wildman–Crippen MR) is 56.9 cm³/mol. The molecule has 0 saturated carbocycles. The van der Waals surface area contributed by atoms with Gasteiger partial charge >= 0.3 is 6.18 Å². The maximum absolute atomic E-state index is 12.5. The fraction of sp³-hybridized carbons (Fsp3) is 0.182. The molecule has 5 heteroatoms. The van der Waals surface area contributed by atoms with E-state index in [0.29, 0.717) is 0 Å². The Morgan fingerprint density at radius 2 is 2.00 bits per heavy atom. The van der Waals surface area contributed by atoms with Gasteiger partial charge in [0.05, 0.1) is 22.9 Å². The lowest BCUT2D eigenvalue weighted by Gasteiger charge is -2.08. The van der Waals surface area contributed by atoms with Crippen LogP contribution < -0.4 is 0 Å². The number of halogens is 3. The van der Waals surface area contributed by atoms with Gasteiger partial charge in [0.15, 0.2) is 0 Å². The van der Waals surface area contributed by atoms with Gasteiger partial charge < -0.3 is 0 Å². The van der Waals surface area contributed by atoms with Crippen molar-refractivity contribution in [3.63, 3.8) is 0 Å². The topological polar surface area (TPSA) is 23.8 Å². The van der Waals surface area contributed by atoms with Crippen molar-refractivity contribution in [2.45, 2.75) is 6.18 Å². The minimum Gasteiger partial charge on any atom is -0.192 e. The van der Waals surface area contributed by atoms with Crippen molar-refractivity contribution in [2.75, 3.05) is 5.75 Å². The molecule has 0 amide bonds. The first-order valence-corrected chi connectivity index (χ1v) is 4.83. The summed E-state index contributed by atoms with van der Waals surface area (Å²) in [6.45, 7) is 0. The zero-order chi connectivity index (χ0) is 12.2. The summed E-state index contributed by atoms with van der Waals surface area (Å²) < 4.78 is 37.6. The average Bonchev–Trinajstić information content (AvgIpc) is 2.24. The molecule has 1 rings (SSSR count). The summed E-state index contributed by atoms with van der Waals surface area (Å²) in [6, 6.07) is 4.87. The van der Waals surface area contributed by atoms with Crippen molar-refractivity contribution in [1.29, 1.82) is 5.26 Å². The zero-order valence-corrected chi connectivity index (χ0v) is 8.86. The molecular formula is C11H6F3NS. The van der Waals surface area contributed by atoms with Crippen LogP contribution in [0.3, 0.4) is 0 Å². The second-order valence-electron chi connectivity index (χ2n) is 2.83. The Bertz CT molecular complexity index is 489. The molecule has 0 aliphatic heterocycles. The Morgan fingerprint density at radius 3 is 2.50 bits per heavy atom. The van der Waals surface area contributed by atoms with Crippen molar-refractivity contribution < 1.29 is 13.2 Å². The Labute approximate surface area is 96.3 Å². The molecule has 1 aromatic carbocycles. The van der Waals surface area contributed by atoms with E-state index in [4.69, 9.17) is 5.26 Å². The molecule has 0 bridgehead atoms. The van der Waals surface area contributed by atoms with Gasteiger partial charge in [-0.1, -0.05) is 11.8 Å². The molecule has 0 radical (unpaired) electrons. The van der Waals surface area contributed by atoms with Gasteiger partial charge in [0.1, 0.15) is 0 Å². The summed E-state index contributed by atoms with van der Waals surface area (Å²) >= 11 is 3.82. The SMILES string of the molecule is N#Cc1ccc(C#CCS)cc1C(F)(F)F. The molecule has 0 aromatic heterocycles. The fourth-order valence-corrected chi connectivity index (χ4v) is 1.17. The van der Waals surface area contributed by atoms with Crippen LogP contribution in [0.4, 0.5) is 13.2 Å². The van der Waals surface area contributed by atoms with Crippen LogP contribution >= 0.6 is 12.6 Å². The van der Waals surface area contributed by atoms with Crippen LogP contribution in [0, 0.1) is 23.2 Å². The van der Waals surface area contributed by atoms with Gasteiger partial charge in [-0.25, -0.2) is 0 Å². The van der Waals surface area contributed by atoms with Gasteiger partial charge in [-0.15, -0.1) is 0 Å². The molecule has 16 heavy (non-hydrogen) atoms. The molecular weight excluding hydrogens is 235 g/mol. The third kappa shape index (κ3) is 2.95. The van der Waals surface area contributed by atoms with Crippen molar-refractivity contribution in [2.24, 2.45) is 0 Å². The van der Waals surface area contributed by atoms with E-state index in [-0.39, 0.29) is 11.3 Å². The van der Waals surface area contributed by atoms with E-state index in [2.05, 4.69) is 24.5 Å². The average molecular weight is 241 g/mol. The van der Waals surface area contributed by atoms with Gasteiger partial charge in [0.25, 0.3) is 0 Å². The van der Waals surface area contributed by atoms with Crippen LogP contribution in [0.2, 0.25) is 0 Å². The number of hydrogen-bond donors (Lipinski definition) is 1. The normalized spacial score (nSPS) is 10.2. The van der Waals surface area contributed by atoms with E-state index in [9.17, 15) is 13.2 Å². The Kier molecular flexibility index (Phi) is 3.87. The summed E-state index contributed by atoms with van der Waals surface area (Å²) in [5, 5.41) is 8.55. The highest BCUT2D eigenvalue weighted by molar-refractivity contribution is 7.80. The molecule has 1 nitrogen and oxygen atoms in total. The highest BCUT2D eigenvalue weighted by Crippen LogP contribution is 2.32. The maximum atomic E-state index is 12.5. The number of rotatable bonds is 0. The van der Waals surface area contributed by atoms with Crippen LogP contribution in [0.1, 0.15) is 16.7 Å². The number of hydrogen-bond acceptors (Lipinski definition) is 2. The van der Waals surface area contributed by atoms with E-state index in [1.54, 1.807) is 0 Å². The number of nitriles is 1. The fourth-order valence-electron chi connectivity index (χ4n) is 1.10. The van der Waals surface area contributed by atoms with Crippen LogP contribution in [0.5, 0.6) is 0 Å². The Morgan fingerprint density at radius 1 is 1.31 bits per heavy atom. The van der Waals surface area contributed by atoms with E-state index in [1.165, 1.54) is 12.1 Å². The van der Waals surface area contributed by atoms with Crippen molar-refractivity contribution >= 4 is 12.6 Å². The first kappa shape index (κ1) is 12.5. The van der Waals surface area contributed by atoms with Gasteiger partial charge in [-0.2, -0.15) is 31.1 Å². The van der Waals surface area contributed by atoms with E-state index in [1.807, 2.05) is 0 Å². The van der Waals surface area contributed by atoms with E-state index >= 15 is 0 Å². The molecule has 0 aliphatic rings. The molecule has 0 heterocycles. The molecule has 0 unspecified atom stereocenters. The summed E-state index contributed by atoms with van der Waals surface area (Å²) in [5.74, 6) is 5.33. The Hall–Kier alpha value is -1.59. The van der Waals surface area contributed by atoms with Crippen LogP contribution in [-0.2, 0) is 6.18 Å². The summed E-state index contributed by atoms with van der Waals surface area (Å²) in [5.41, 5.74) is -1.13. The lowest BCUT2D eigenvalue weighted by Crippen LogP contribution is -2.08. The van der Waals surface area contributed by atoms with Crippen molar-refractivity contribution in [3.05, 3.63) is 34.9 Å². The van der Waals surface area contributed by atoms with E-state index in [0.717, 1.165) is 12.1 Å². The molecule has 0 fully saturated rings. The number of thiol groups is 1. The monoisotopic (exact) mass is 241 g/mol. The standard InChI is InChI=1S/C11H6F3NS/c12-11(13,14)10-6-8(2-1-5-16)3-4-9(10)7-15/h3-4,6,16H,5H2. The third-order valence-corrected chi connectivity index (χ3v) is 1.92. The minimum atomic E-state index is -4.54. The van der Waals surface area contributed by atoms with Crippen LogP contribution in [0.25, 0.3) is 0 Å². The molecule has 0 spiro atoms. The third-order valence-electron chi connectivity index (χ3n) is 1.76. The van der Waals surface area contributed by atoms with Gasteiger partial charge in [0, 0.05) is 5.56 Å². The molecule has 0 atom stereocenters. The highest BCUT2D eigenvalue weighted by Gasteiger charge is 2.33. The predicted octanol–water partition coefficient (Wildman–Crippen LogP) is 2.86. The maximum Gasteiger partial charge on any atom is 0.417 e. The van der Waals surface area contributed by atoms with Crippen molar-refractivity contribution in [1.82, 2.24) is 0 Å². The largest absolute Gasteiger partial charge is 0.417 e. The molecule has 0 aliphatic carbocycles. The lowest BCUT2D eigenvalue weighted by atomic mass is 10.0. The molecule has 82 valence electrons. The van der Waals surface area contributed by atoms with Gasteiger partial charge in [0.2, 0.25) is 0 Å². The highest BCUT2D eigenvalue weighted by atomic mass is 32.1. The summed E-state index contributed by atoms with van der Waals surface area (Å²) in [6.07, 6.45) is -4.54. The van der Waals surface area contributed by atoms with Gasteiger partial charge in [-0.05, 0) is 18.2 Å². The molecule has 0 N–H and O–H groups in total. The van der Waals surface area contributed by atoms with Crippen molar-refractivity contribution in [3.8, 4) is 17.9 Å². The van der Waals surface area contributed by atoms with E-state index < -0.39 is 17.3 Å². The van der Waals surface area contributed by atoms with Crippen LogP contribution in [0.15, 0.2) is 18.2 Å². The second-order valence-corrected chi connectivity index (χ2v) is 3.15. The Balaban J connectivity index is 3.29. The number of benzene rings is 1. The quantitative estimate of drug-likeness (QED) is 0.548. The molecule has 0 saturated heterocycles. The molecule has 1 aromatic rings. The number of alkyl halides is 3. The summed E-state index contributed by atoms with van der Waals surface area (Å²) in [4.78, 5) is 0. The first-order valence-electron chi connectivity index (χ1n) is 4.20. The van der Waals surface area contributed by atoms with Gasteiger partial charge in [-0.3, -0.25) is 0 Å². The zero-order valence-electron chi connectivity index (χ0n) is 7.97. The smallest absolute Gasteiger partial charge is 0.192 e. The second kappa shape index (κ2) is 4.96.